The number of carbonyl (C=O) groups excluding carboxylic acids is 1. The minimum Gasteiger partial charge on any atom is -0.462 e. The summed E-state index contributed by atoms with van der Waals surface area (Å²) in [5, 5.41) is 0. The minimum absolute atomic E-state index is 0.292. The Labute approximate surface area is 176 Å². The summed E-state index contributed by atoms with van der Waals surface area (Å²) in [5.41, 5.74) is 4.01. The van der Waals surface area contributed by atoms with Crippen molar-refractivity contribution in [2.75, 3.05) is 6.61 Å². The van der Waals surface area contributed by atoms with Crippen LogP contribution in [0.1, 0.15) is 28.6 Å². The molecule has 3 aromatic carbocycles. The molecule has 0 atom stereocenters. The lowest BCUT2D eigenvalue weighted by molar-refractivity contribution is 0.0526. The summed E-state index contributed by atoms with van der Waals surface area (Å²) in [4.78, 5) is 13.0. The first kappa shape index (κ1) is 19.5. The van der Waals surface area contributed by atoms with Gasteiger partial charge in [-0.3, -0.25) is 0 Å². The van der Waals surface area contributed by atoms with Crippen LogP contribution < -0.4 is 0 Å². The average molecular weight is 394 g/mol. The quantitative estimate of drug-likeness (QED) is 0.332. The Hall–Kier alpha value is -3.85. The van der Waals surface area contributed by atoms with Crippen LogP contribution in [0.25, 0.3) is 34.6 Å². The molecule has 4 aromatic rings. The first-order valence-electron chi connectivity index (χ1n) is 9.96. The molecule has 0 radical (unpaired) electrons. The number of benzene rings is 3. The Kier molecular flexibility index (Phi) is 5.90. The van der Waals surface area contributed by atoms with Gasteiger partial charge in [0.1, 0.15) is 17.1 Å². The van der Waals surface area contributed by atoms with Crippen LogP contribution in [0.2, 0.25) is 0 Å². The van der Waals surface area contributed by atoms with E-state index in [9.17, 15) is 4.79 Å². The van der Waals surface area contributed by atoms with Gasteiger partial charge in [0.2, 0.25) is 0 Å². The molecule has 3 nitrogen and oxygen atoms in total. The van der Waals surface area contributed by atoms with Crippen molar-refractivity contribution in [1.82, 2.24) is 0 Å². The molecule has 0 amide bonds. The Morgan fingerprint density at radius 3 is 1.97 bits per heavy atom. The van der Waals surface area contributed by atoms with Gasteiger partial charge < -0.3 is 9.15 Å². The Morgan fingerprint density at radius 1 is 0.800 bits per heavy atom. The predicted molar refractivity (Wildman–Crippen MR) is 121 cm³/mol. The summed E-state index contributed by atoms with van der Waals surface area (Å²) in [6, 6.07) is 29.5. The van der Waals surface area contributed by atoms with E-state index >= 15 is 0 Å². The van der Waals surface area contributed by atoms with Crippen LogP contribution in [-0.4, -0.2) is 12.6 Å². The summed E-state index contributed by atoms with van der Waals surface area (Å²) in [7, 11) is 0. The minimum atomic E-state index is -0.394. The third-order valence-electron chi connectivity index (χ3n) is 4.74. The topological polar surface area (TPSA) is 39.4 Å². The predicted octanol–water partition coefficient (Wildman–Crippen LogP) is 6.96. The van der Waals surface area contributed by atoms with E-state index in [-0.39, 0.29) is 0 Å². The van der Waals surface area contributed by atoms with Gasteiger partial charge in [-0.15, -0.1) is 0 Å². The van der Waals surface area contributed by atoms with Crippen molar-refractivity contribution < 1.29 is 13.9 Å². The largest absolute Gasteiger partial charge is 0.462 e. The SMILES string of the molecule is CCOC(=O)c1c(/C=C/c2ccccc2)oc(-c2ccccc2)c1-c1ccccc1. The average Bonchev–Trinajstić information content (AvgIpc) is 3.19. The molecule has 148 valence electrons. The van der Waals surface area contributed by atoms with Crippen LogP contribution in [0.4, 0.5) is 0 Å². The van der Waals surface area contributed by atoms with Crippen LogP contribution in [0.5, 0.6) is 0 Å². The fraction of sp³-hybridized carbons (Fsp3) is 0.0741. The van der Waals surface area contributed by atoms with Gasteiger partial charge in [-0.2, -0.15) is 0 Å². The lowest BCUT2D eigenvalue weighted by atomic mass is 9.97. The molecule has 0 aliphatic carbocycles. The fourth-order valence-electron chi connectivity index (χ4n) is 3.38. The molecular weight excluding hydrogens is 372 g/mol. The molecule has 0 saturated heterocycles. The zero-order valence-electron chi connectivity index (χ0n) is 16.7. The molecule has 0 unspecified atom stereocenters. The molecule has 0 aliphatic rings. The van der Waals surface area contributed by atoms with Gasteiger partial charge in [0, 0.05) is 11.1 Å². The van der Waals surface area contributed by atoms with Gasteiger partial charge in [-0.25, -0.2) is 4.79 Å². The smallest absolute Gasteiger partial charge is 0.342 e. The first-order chi connectivity index (χ1) is 14.8. The zero-order chi connectivity index (χ0) is 20.8. The molecule has 1 heterocycles. The lowest BCUT2D eigenvalue weighted by Gasteiger charge is -2.07. The standard InChI is InChI=1S/C27H22O3/c1-2-29-27(28)25-23(19-18-20-12-6-3-7-13-20)30-26(22-16-10-5-11-17-22)24(25)21-14-8-4-9-15-21/h3-19H,2H2,1H3/b19-18+. The van der Waals surface area contributed by atoms with Gasteiger partial charge in [-0.1, -0.05) is 97.1 Å². The number of carbonyl (C=O) groups is 1. The molecule has 4 rings (SSSR count). The number of hydrogen-bond acceptors (Lipinski definition) is 3. The van der Waals surface area contributed by atoms with E-state index in [1.807, 2.05) is 103 Å². The molecule has 3 heteroatoms. The van der Waals surface area contributed by atoms with Crippen molar-refractivity contribution in [2.24, 2.45) is 0 Å². The normalized spacial score (nSPS) is 11.0. The van der Waals surface area contributed by atoms with Crippen molar-refractivity contribution in [3.63, 3.8) is 0 Å². The van der Waals surface area contributed by atoms with Crippen molar-refractivity contribution in [1.29, 1.82) is 0 Å². The Balaban J connectivity index is 1.94. The number of furan rings is 1. The summed E-state index contributed by atoms with van der Waals surface area (Å²) in [5.74, 6) is 0.738. The highest BCUT2D eigenvalue weighted by atomic mass is 16.5. The van der Waals surface area contributed by atoms with Crippen molar-refractivity contribution >= 4 is 18.1 Å². The van der Waals surface area contributed by atoms with Gasteiger partial charge in [-0.05, 0) is 24.1 Å². The highest BCUT2D eigenvalue weighted by molar-refractivity contribution is 6.04. The monoisotopic (exact) mass is 394 g/mol. The maximum Gasteiger partial charge on any atom is 0.342 e. The van der Waals surface area contributed by atoms with Gasteiger partial charge in [0.05, 0.1) is 6.61 Å². The van der Waals surface area contributed by atoms with Crippen LogP contribution in [0.15, 0.2) is 95.4 Å². The summed E-state index contributed by atoms with van der Waals surface area (Å²) >= 11 is 0. The van der Waals surface area contributed by atoms with Crippen LogP contribution in [-0.2, 0) is 4.74 Å². The van der Waals surface area contributed by atoms with Crippen molar-refractivity contribution in [3.05, 3.63) is 108 Å². The lowest BCUT2D eigenvalue weighted by Crippen LogP contribution is -2.06. The maximum absolute atomic E-state index is 13.0. The molecule has 0 N–H and O–H groups in total. The number of rotatable bonds is 6. The molecule has 0 fully saturated rings. The molecule has 30 heavy (non-hydrogen) atoms. The molecular formula is C27H22O3. The Morgan fingerprint density at radius 2 is 1.37 bits per heavy atom. The fourth-order valence-corrected chi connectivity index (χ4v) is 3.38. The highest BCUT2D eigenvalue weighted by Crippen LogP contribution is 2.40. The van der Waals surface area contributed by atoms with Gasteiger partial charge >= 0.3 is 5.97 Å². The van der Waals surface area contributed by atoms with Crippen molar-refractivity contribution in [2.45, 2.75) is 6.92 Å². The van der Waals surface area contributed by atoms with E-state index < -0.39 is 5.97 Å². The van der Waals surface area contributed by atoms with E-state index in [4.69, 9.17) is 9.15 Å². The summed E-state index contributed by atoms with van der Waals surface area (Å²) in [6.07, 6.45) is 3.77. The Bertz CT molecular complexity index is 1140. The second-order valence-electron chi connectivity index (χ2n) is 6.74. The van der Waals surface area contributed by atoms with E-state index in [1.54, 1.807) is 6.92 Å². The van der Waals surface area contributed by atoms with Crippen LogP contribution in [0, 0.1) is 0 Å². The molecule has 1 aromatic heterocycles. The van der Waals surface area contributed by atoms with Crippen molar-refractivity contribution in [3.8, 4) is 22.5 Å². The zero-order valence-corrected chi connectivity index (χ0v) is 16.7. The first-order valence-corrected chi connectivity index (χ1v) is 9.96. The number of ether oxygens (including phenoxy) is 1. The highest BCUT2D eigenvalue weighted by Gasteiger charge is 2.27. The van der Waals surface area contributed by atoms with E-state index in [1.165, 1.54) is 0 Å². The molecule has 0 aliphatic heterocycles. The van der Waals surface area contributed by atoms with E-state index in [0.717, 1.165) is 22.3 Å². The maximum atomic E-state index is 13.0. The van der Waals surface area contributed by atoms with Gasteiger partial charge in [0.25, 0.3) is 0 Å². The van der Waals surface area contributed by atoms with Gasteiger partial charge in [0.15, 0.2) is 0 Å². The third kappa shape index (κ3) is 4.11. The summed E-state index contributed by atoms with van der Waals surface area (Å²) < 4.78 is 11.7. The molecule has 0 saturated carbocycles. The van der Waals surface area contributed by atoms with E-state index in [0.29, 0.717) is 23.7 Å². The molecule has 0 bridgehead atoms. The molecule has 0 spiro atoms. The second-order valence-corrected chi connectivity index (χ2v) is 6.74. The third-order valence-corrected chi connectivity index (χ3v) is 4.74. The second kappa shape index (κ2) is 9.10. The van der Waals surface area contributed by atoms with E-state index in [2.05, 4.69) is 0 Å². The van der Waals surface area contributed by atoms with Crippen LogP contribution >= 0.6 is 0 Å². The van der Waals surface area contributed by atoms with Crippen LogP contribution in [0.3, 0.4) is 0 Å². The number of hydrogen-bond donors (Lipinski definition) is 0. The summed E-state index contributed by atoms with van der Waals surface area (Å²) in [6.45, 7) is 2.10. The number of esters is 1.